The Morgan fingerprint density at radius 1 is 1.10 bits per heavy atom. The zero-order valence-electron chi connectivity index (χ0n) is 18.8. The minimum absolute atomic E-state index is 0.199. The highest BCUT2D eigenvalue weighted by atomic mass is 19.1. The van der Waals surface area contributed by atoms with Crippen LogP contribution in [0.5, 0.6) is 0 Å². The van der Waals surface area contributed by atoms with E-state index in [4.69, 9.17) is 0 Å². The highest BCUT2D eigenvalue weighted by Crippen LogP contribution is 2.27. The molecule has 31 heavy (non-hydrogen) atoms. The number of nitrogens with zero attached hydrogens (tertiary/aromatic N) is 1. The van der Waals surface area contributed by atoms with E-state index in [0.29, 0.717) is 18.0 Å². The van der Waals surface area contributed by atoms with Crippen molar-refractivity contribution in [2.45, 2.75) is 94.9 Å². The SMILES string of the molecule is CC(O)N[C@H]1CCN(C2CC(NCC3CCC(F)CC3)NC(NC3CNC=CN3)C2)C1. The summed E-state index contributed by atoms with van der Waals surface area (Å²) in [6.07, 6.45) is 10.1. The lowest BCUT2D eigenvalue weighted by atomic mass is 9.88. The molecule has 6 atom stereocenters. The lowest BCUT2D eigenvalue weighted by Crippen LogP contribution is -2.65. The first-order chi connectivity index (χ1) is 15.0. The number of hydrogen-bond donors (Lipinski definition) is 7. The number of halogens is 1. The molecule has 8 nitrogen and oxygen atoms in total. The van der Waals surface area contributed by atoms with E-state index >= 15 is 0 Å². The van der Waals surface area contributed by atoms with Crippen molar-refractivity contribution in [3.63, 3.8) is 0 Å². The average Bonchev–Trinajstić information content (AvgIpc) is 3.22. The summed E-state index contributed by atoms with van der Waals surface area (Å²) in [6, 6.07) is 0.851. The van der Waals surface area contributed by atoms with E-state index in [9.17, 15) is 9.50 Å². The van der Waals surface area contributed by atoms with Crippen molar-refractivity contribution in [3.8, 4) is 0 Å². The minimum Gasteiger partial charge on any atom is -0.386 e. The van der Waals surface area contributed by atoms with Crippen LogP contribution in [0.3, 0.4) is 0 Å². The van der Waals surface area contributed by atoms with E-state index in [1.807, 2.05) is 12.4 Å². The van der Waals surface area contributed by atoms with Crippen LogP contribution < -0.4 is 31.9 Å². The molecule has 3 aliphatic heterocycles. The largest absolute Gasteiger partial charge is 0.386 e. The van der Waals surface area contributed by atoms with Crippen LogP contribution in [0.15, 0.2) is 12.4 Å². The third-order valence-corrected chi connectivity index (χ3v) is 7.28. The zero-order chi connectivity index (χ0) is 21.6. The predicted molar refractivity (Wildman–Crippen MR) is 121 cm³/mol. The highest BCUT2D eigenvalue weighted by Gasteiger charge is 2.36. The molecular formula is C22H42FN7O. The third kappa shape index (κ3) is 7.00. The second kappa shape index (κ2) is 11.2. The molecule has 0 radical (unpaired) electrons. The number of rotatable bonds is 8. The number of hydrogen-bond acceptors (Lipinski definition) is 8. The monoisotopic (exact) mass is 439 g/mol. The number of aliphatic hydroxyl groups excluding tert-OH is 1. The molecule has 4 aliphatic rings. The molecule has 4 rings (SSSR count). The molecule has 2 saturated heterocycles. The predicted octanol–water partition coefficient (Wildman–Crippen LogP) is 0.0904. The van der Waals surface area contributed by atoms with Crippen molar-refractivity contribution < 1.29 is 9.50 Å². The van der Waals surface area contributed by atoms with Crippen LogP contribution in [-0.2, 0) is 0 Å². The molecule has 9 heteroatoms. The quantitative estimate of drug-likeness (QED) is 0.268. The first kappa shape index (κ1) is 23.2. The van der Waals surface area contributed by atoms with Crippen LogP contribution in [0.25, 0.3) is 0 Å². The van der Waals surface area contributed by atoms with Crippen molar-refractivity contribution in [3.05, 3.63) is 12.4 Å². The molecule has 0 aromatic carbocycles. The Morgan fingerprint density at radius 3 is 2.65 bits per heavy atom. The fraction of sp³-hybridized carbons (Fsp3) is 0.909. The number of nitrogens with one attached hydrogen (secondary N) is 6. The molecule has 1 saturated carbocycles. The van der Waals surface area contributed by atoms with E-state index in [1.54, 1.807) is 6.92 Å². The van der Waals surface area contributed by atoms with Crippen molar-refractivity contribution >= 4 is 0 Å². The second-order valence-corrected chi connectivity index (χ2v) is 9.87. The van der Waals surface area contributed by atoms with Crippen LogP contribution in [0.2, 0.25) is 0 Å². The summed E-state index contributed by atoms with van der Waals surface area (Å²) in [5.74, 6) is 0.585. The number of aliphatic hydroxyl groups is 1. The summed E-state index contributed by atoms with van der Waals surface area (Å²) >= 11 is 0. The van der Waals surface area contributed by atoms with Gasteiger partial charge in [0, 0.05) is 44.1 Å². The van der Waals surface area contributed by atoms with Crippen molar-refractivity contribution in [1.29, 1.82) is 0 Å². The summed E-state index contributed by atoms with van der Waals surface area (Å²) in [5.41, 5.74) is 0. The van der Waals surface area contributed by atoms with Gasteiger partial charge in [-0.15, -0.1) is 0 Å². The molecule has 0 aromatic heterocycles. The molecule has 7 N–H and O–H groups in total. The first-order valence-corrected chi connectivity index (χ1v) is 12.3. The number of alkyl halides is 1. The van der Waals surface area contributed by atoms with Gasteiger partial charge in [0.25, 0.3) is 0 Å². The van der Waals surface area contributed by atoms with Gasteiger partial charge < -0.3 is 21.1 Å². The van der Waals surface area contributed by atoms with E-state index in [1.165, 1.54) is 0 Å². The van der Waals surface area contributed by atoms with Crippen molar-refractivity contribution in [1.82, 2.24) is 36.8 Å². The van der Waals surface area contributed by atoms with Gasteiger partial charge in [-0.3, -0.25) is 20.9 Å². The lowest BCUT2D eigenvalue weighted by Gasteiger charge is -2.43. The summed E-state index contributed by atoms with van der Waals surface area (Å²) in [7, 11) is 0. The lowest BCUT2D eigenvalue weighted by molar-refractivity contribution is 0.103. The Kier molecular flexibility index (Phi) is 8.42. The maximum atomic E-state index is 13.5. The van der Waals surface area contributed by atoms with Gasteiger partial charge in [-0.1, -0.05) is 0 Å². The van der Waals surface area contributed by atoms with Crippen LogP contribution >= 0.6 is 0 Å². The summed E-state index contributed by atoms with van der Waals surface area (Å²) < 4.78 is 13.5. The van der Waals surface area contributed by atoms with Gasteiger partial charge in [0.2, 0.25) is 0 Å². The fourth-order valence-electron chi connectivity index (χ4n) is 5.62. The molecule has 5 unspecified atom stereocenters. The van der Waals surface area contributed by atoms with Gasteiger partial charge in [0.15, 0.2) is 0 Å². The first-order valence-electron chi connectivity index (χ1n) is 12.3. The average molecular weight is 440 g/mol. The molecule has 1 aliphatic carbocycles. The normalized spacial score (nSPS) is 40.3. The molecular weight excluding hydrogens is 397 g/mol. The molecule has 0 amide bonds. The summed E-state index contributed by atoms with van der Waals surface area (Å²) in [6.45, 7) is 5.67. The van der Waals surface area contributed by atoms with Crippen LogP contribution in [0.4, 0.5) is 4.39 Å². The Bertz CT molecular complexity index is 572. The van der Waals surface area contributed by atoms with E-state index in [2.05, 4.69) is 36.8 Å². The van der Waals surface area contributed by atoms with Gasteiger partial charge in [0.1, 0.15) is 12.4 Å². The third-order valence-electron chi connectivity index (χ3n) is 7.28. The van der Waals surface area contributed by atoms with Gasteiger partial charge in [-0.2, -0.15) is 0 Å². The fourth-order valence-corrected chi connectivity index (χ4v) is 5.62. The van der Waals surface area contributed by atoms with Crippen molar-refractivity contribution in [2.75, 3.05) is 26.2 Å². The van der Waals surface area contributed by atoms with Gasteiger partial charge >= 0.3 is 0 Å². The minimum atomic E-state index is -0.592. The second-order valence-electron chi connectivity index (χ2n) is 9.87. The molecule has 3 fully saturated rings. The Balaban J connectivity index is 1.32. The van der Waals surface area contributed by atoms with E-state index in [0.717, 1.165) is 71.1 Å². The van der Waals surface area contributed by atoms with Gasteiger partial charge in [-0.05, 0) is 64.3 Å². The van der Waals surface area contributed by atoms with E-state index in [-0.39, 0.29) is 18.5 Å². The number of piperidine rings is 1. The number of likely N-dealkylation sites (tertiary alicyclic amines) is 1. The van der Waals surface area contributed by atoms with Crippen LogP contribution in [-0.4, -0.2) is 79.2 Å². The zero-order valence-corrected chi connectivity index (χ0v) is 18.8. The Morgan fingerprint density at radius 2 is 1.90 bits per heavy atom. The maximum Gasteiger partial charge on any atom is 0.102 e. The van der Waals surface area contributed by atoms with E-state index < -0.39 is 12.4 Å². The maximum absolute atomic E-state index is 13.5. The Hall–Kier alpha value is -0.970. The highest BCUT2D eigenvalue weighted by molar-refractivity contribution is 4.95. The van der Waals surface area contributed by atoms with Gasteiger partial charge in [-0.25, -0.2) is 4.39 Å². The van der Waals surface area contributed by atoms with Crippen LogP contribution in [0.1, 0.15) is 51.9 Å². The summed E-state index contributed by atoms with van der Waals surface area (Å²) in [4.78, 5) is 2.59. The molecule has 0 spiro atoms. The molecule has 0 bridgehead atoms. The summed E-state index contributed by atoms with van der Waals surface area (Å²) in [5, 5.41) is 30.9. The standard InChI is InChI=1S/C22H42FN7O/c1-15(31)27-18-6-9-30(14-18)19-10-20(26-12-16-2-4-17(23)5-3-16)28-21(11-19)29-22-13-24-7-8-25-22/h7-8,15-22,24-29,31H,2-6,9-14H2,1H3/t15?,16?,17?,18-,19?,20?,21?,22?/m0/s1. The molecule has 3 heterocycles. The Labute approximate surface area is 186 Å². The topological polar surface area (TPSA) is 95.7 Å². The van der Waals surface area contributed by atoms with Crippen LogP contribution in [0, 0.1) is 5.92 Å². The smallest absolute Gasteiger partial charge is 0.102 e. The van der Waals surface area contributed by atoms with Gasteiger partial charge in [0.05, 0.1) is 18.5 Å². The molecule has 0 aromatic rings. The molecule has 178 valence electrons. The van der Waals surface area contributed by atoms with Crippen molar-refractivity contribution in [2.24, 2.45) is 5.92 Å².